The zero-order valence-corrected chi connectivity index (χ0v) is 17.2. The third-order valence-electron chi connectivity index (χ3n) is 4.03. The molecule has 1 unspecified atom stereocenters. The highest BCUT2D eigenvalue weighted by atomic mass is 35.5. The molecule has 32 heavy (non-hydrogen) atoms. The number of amides is 2. The lowest BCUT2D eigenvalue weighted by Crippen LogP contribution is -2.45. The van der Waals surface area contributed by atoms with Gasteiger partial charge in [0.1, 0.15) is 23.8 Å². The second-order valence-electron chi connectivity index (χ2n) is 6.71. The van der Waals surface area contributed by atoms with Crippen molar-refractivity contribution in [3.63, 3.8) is 0 Å². The van der Waals surface area contributed by atoms with E-state index in [1.807, 2.05) is 0 Å². The number of nitrogens with zero attached hydrogens (tertiary/aromatic N) is 1. The van der Waals surface area contributed by atoms with Gasteiger partial charge in [-0.25, -0.2) is 0 Å². The summed E-state index contributed by atoms with van der Waals surface area (Å²) in [5.41, 5.74) is -4.83. The lowest BCUT2D eigenvalue weighted by molar-refractivity contribution is -0.388. The fourth-order valence-corrected chi connectivity index (χ4v) is 2.45. The Labute approximate surface area is 184 Å². The zero-order valence-electron chi connectivity index (χ0n) is 16.4. The van der Waals surface area contributed by atoms with E-state index in [2.05, 4.69) is 10.6 Å². The molecule has 0 aromatic heterocycles. The molecular formula is C19H17ClF3N3O6. The van der Waals surface area contributed by atoms with Gasteiger partial charge in [0.15, 0.2) is 5.60 Å². The van der Waals surface area contributed by atoms with Gasteiger partial charge < -0.3 is 20.5 Å². The Bertz CT molecular complexity index is 1010. The van der Waals surface area contributed by atoms with Crippen LogP contribution in [0.2, 0.25) is 0 Å². The first-order valence-corrected chi connectivity index (χ1v) is 9.35. The lowest BCUT2D eigenvalue weighted by Gasteiger charge is -2.23. The fourth-order valence-electron chi connectivity index (χ4n) is 2.38. The van der Waals surface area contributed by atoms with Crippen LogP contribution in [-0.4, -0.2) is 39.9 Å². The van der Waals surface area contributed by atoms with Gasteiger partial charge in [-0.2, -0.15) is 13.2 Å². The summed E-state index contributed by atoms with van der Waals surface area (Å²) >= 11 is 5.39. The number of nitro groups is 1. The smallest absolute Gasteiger partial charge is 0.423 e. The maximum atomic E-state index is 13.1. The number of hydrogen-bond acceptors (Lipinski definition) is 6. The Morgan fingerprint density at radius 1 is 1.12 bits per heavy atom. The predicted octanol–water partition coefficient (Wildman–Crippen LogP) is 3.56. The molecule has 0 saturated carbocycles. The number of rotatable bonds is 8. The topological polar surface area (TPSA) is 131 Å². The molecule has 0 bridgehead atoms. The van der Waals surface area contributed by atoms with E-state index in [-0.39, 0.29) is 11.6 Å². The molecule has 0 aliphatic rings. The Morgan fingerprint density at radius 2 is 1.72 bits per heavy atom. The maximum Gasteiger partial charge on any atom is 0.423 e. The number of ether oxygens (including phenoxy) is 1. The van der Waals surface area contributed by atoms with Crippen molar-refractivity contribution in [1.29, 1.82) is 0 Å². The van der Waals surface area contributed by atoms with Crippen LogP contribution in [0.15, 0.2) is 42.5 Å². The third kappa shape index (κ3) is 6.56. The van der Waals surface area contributed by atoms with E-state index in [4.69, 9.17) is 16.3 Å². The van der Waals surface area contributed by atoms with Crippen molar-refractivity contribution in [3.05, 3.63) is 58.1 Å². The molecule has 0 heterocycles. The van der Waals surface area contributed by atoms with Crippen LogP contribution < -0.4 is 15.4 Å². The van der Waals surface area contributed by atoms with E-state index in [1.165, 1.54) is 24.3 Å². The van der Waals surface area contributed by atoms with Gasteiger partial charge in [-0.1, -0.05) is 0 Å². The van der Waals surface area contributed by atoms with Gasteiger partial charge in [0.25, 0.3) is 11.6 Å². The second-order valence-corrected chi connectivity index (χ2v) is 6.98. The summed E-state index contributed by atoms with van der Waals surface area (Å²) in [4.78, 5) is 33.2. The van der Waals surface area contributed by atoms with Gasteiger partial charge in [0.2, 0.25) is 5.91 Å². The predicted molar refractivity (Wildman–Crippen MR) is 109 cm³/mol. The highest BCUT2D eigenvalue weighted by Gasteiger charge is 2.39. The largest absolute Gasteiger partial charge is 0.490 e. The summed E-state index contributed by atoms with van der Waals surface area (Å²) in [7, 11) is 0. The van der Waals surface area contributed by atoms with Crippen LogP contribution in [0.4, 0.5) is 30.2 Å². The fraction of sp³-hybridized carbons (Fsp3) is 0.263. The van der Waals surface area contributed by atoms with E-state index < -0.39 is 52.1 Å². The molecule has 1 atom stereocenters. The molecule has 0 radical (unpaired) electrons. The number of carbonyl (C=O) groups is 2. The minimum Gasteiger partial charge on any atom is -0.490 e. The molecule has 172 valence electrons. The standard InChI is InChI=1S/C19H17ClF3N3O6/c1-18(29,10-32-13-5-2-11(3-6-13)24-16(27)9-20)17(28)25-12-4-7-15(26(30)31)14(8-12)19(21,22)23/h2-8,29H,9-10H2,1H3,(H,24,27)(H,25,28). The van der Waals surface area contributed by atoms with Crippen LogP contribution >= 0.6 is 11.6 Å². The normalized spacial score (nSPS) is 13.1. The van der Waals surface area contributed by atoms with Gasteiger partial charge in [-0.15, -0.1) is 11.6 Å². The van der Waals surface area contributed by atoms with Crippen molar-refractivity contribution in [2.24, 2.45) is 0 Å². The molecule has 2 aromatic rings. The SMILES string of the molecule is CC(O)(COc1ccc(NC(=O)CCl)cc1)C(=O)Nc1ccc([N+](=O)[O-])c(C(F)(F)F)c1. The molecule has 0 spiro atoms. The summed E-state index contributed by atoms with van der Waals surface area (Å²) in [5.74, 6) is -1.50. The van der Waals surface area contributed by atoms with Crippen LogP contribution in [0, 0.1) is 10.1 Å². The van der Waals surface area contributed by atoms with Crippen molar-refractivity contribution < 1.29 is 37.5 Å². The molecule has 0 fully saturated rings. The van der Waals surface area contributed by atoms with Crippen LogP contribution in [-0.2, 0) is 15.8 Å². The minimum absolute atomic E-state index is 0.227. The molecule has 2 amide bonds. The maximum absolute atomic E-state index is 13.1. The Morgan fingerprint density at radius 3 is 2.25 bits per heavy atom. The Hall–Kier alpha value is -3.38. The first kappa shape index (κ1) is 24.9. The third-order valence-corrected chi connectivity index (χ3v) is 4.27. The Kier molecular flexibility index (Phi) is 7.65. The average Bonchev–Trinajstić information content (AvgIpc) is 2.72. The van der Waals surface area contributed by atoms with E-state index in [0.29, 0.717) is 17.8 Å². The number of alkyl halides is 4. The minimum atomic E-state index is -5.02. The number of halogens is 4. The number of benzene rings is 2. The van der Waals surface area contributed by atoms with E-state index in [1.54, 1.807) is 0 Å². The van der Waals surface area contributed by atoms with Crippen molar-refractivity contribution >= 4 is 40.5 Å². The molecule has 0 aliphatic carbocycles. The first-order chi connectivity index (χ1) is 14.8. The molecular weight excluding hydrogens is 459 g/mol. The molecule has 13 heteroatoms. The molecule has 0 aliphatic heterocycles. The van der Waals surface area contributed by atoms with E-state index >= 15 is 0 Å². The van der Waals surface area contributed by atoms with Gasteiger partial charge in [-0.3, -0.25) is 19.7 Å². The highest BCUT2D eigenvalue weighted by molar-refractivity contribution is 6.29. The van der Waals surface area contributed by atoms with Gasteiger partial charge in [0.05, 0.1) is 4.92 Å². The van der Waals surface area contributed by atoms with Crippen molar-refractivity contribution in [2.75, 3.05) is 23.1 Å². The van der Waals surface area contributed by atoms with Crippen molar-refractivity contribution in [1.82, 2.24) is 0 Å². The zero-order chi connectivity index (χ0) is 24.1. The summed E-state index contributed by atoms with van der Waals surface area (Å²) in [6.45, 7) is 0.513. The molecule has 0 saturated heterocycles. The average molecular weight is 476 g/mol. The van der Waals surface area contributed by atoms with Gasteiger partial charge in [0, 0.05) is 17.4 Å². The lowest BCUT2D eigenvalue weighted by atomic mass is 10.1. The molecule has 9 nitrogen and oxygen atoms in total. The number of nitrogens with one attached hydrogen (secondary N) is 2. The molecule has 3 N–H and O–H groups in total. The van der Waals surface area contributed by atoms with Crippen LogP contribution in [0.5, 0.6) is 5.75 Å². The highest BCUT2D eigenvalue weighted by Crippen LogP contribution is 2.37. The molecule has 2 rings (SSSR count). The Balaban J connectivity index is 2.06. The van der Waals surface area contributed by atoms with Crippen molar-refractivity contribution in [3.8, 4) is 5.75 Å². The first-order valence-electron chi connectivity index (χ1n) is 8.81. The van der Waals surface area contributed by atoms with Gasteiger partial charge >= 0.3 is 6.18 Å². The van der Waals surface area contributed by atoms with Gasteiger partial charge in [-0.05, 0) is 43.3 Å². The monoisotopic (exact) mass is 475 g/mol. The number of nitro benzene ring substituents is 1. The summed E-state index contributed by atoms with van der Waals surface area (Å²) in [6, 6.07) is 7.80. The van der Waals surface area contributed by atoms with E-state index in [9.17, 15) is 38.0 Å². The van der Waals surface area contributed by atoms with Crippen LogP contribution in [0.1, 0.15) is 12.5 Å². The van der Waals surface area contributed by atoms with Crippen LogP contribution in [0.3, 0.4) is 0 Å². The summed E-state index contributed by atoms with van der Waals surface area (Å²) in [5, 5.41) is 25.7. The number of anilines is 2. The quantitative estimate of drug-likeness (QED) is 0.304. The summed E-state index contributed by atoms with van der Waals surface area (Å²) < 4.78 is 44.5. The number of hydrogen-bond donors (Lipinski definition) is 3. The molecule has 2 aromatic carbocycles. The second kappa shape index (κ2) is 9.83. The summed E-state index contributed by atoms with van der Waals surface area (Å²) in [6.07, 6.45) is -5.02. The van der Waals surface area contributed by atoms with Crippen LogP contribution in [0.25, 0.3) is 0 Å². The number of carbonyl (C=O) groups excluding carboxylic acids is 2. The van der Waals surface area contributed by atoms with Crippen molar-refractivity contribution in [2.45, 2.75) is 18.7 Å². The number of aliphatic hydroxyl groups is 1. The van der Waals surface area contributed by atoms with E-state index in [0.717, 1.165) is 13.0 Å².